The molecular weight excluding hydrogens is 248 g/mol. The van der Waals surface area contributed by atoms with E-state index in [1.165, 1.54) is 19.5 Å². The molecule has 2 heterocycles. The molecule has 2 rings (SSSR count). The summed E-state index contributed by atoms with van der Waals surface area (Å²) in [5.41, 5.74) is 1.02. The monoisotopic (exact) mass is 276 g/mol. The molecule has 0 bridgehead atoms. The summed E-state index contributed by atoms with van der Waals surface area (Å²) in [6.45, 7) is 14.4. The van der Waals surface area contributed by atoms with Gasteiger partial charge in [-0.25, -0.2) is 9.97 Å². The van der Waals surface area contributed by atoms with E-state index in [-0.39, 0.29) is 0 Å². The zero-order valence-corrected chi connectivity index (χ0v) is 13.5. The molecule has 0 saturated carbocycles. The van der Waals surface area contributed by atoms with Gasteiger partial charge in [-0.15, -0.1) is 0 Å². The topological polar surface area (TPSA) is 41.0 Å². The van der Waals surface area contributed by atoms with Crippen molar-refractivity contribution in [2.75, 3.05) is 25.0 Å². The third-order valence-corrected chi connectivity index (χ3v) is 3.84. The SMILES string of the molecule is Cc1cc(NC(C)CN2CC(C)CC(C)C2)nc(C)n1. The Labute approximate surface area is 123 Å². The predicted molar refractivity (Wildman–Crippen MR) is 84.0 cm³/mol. The lowest BCUT2D eigenvalue weighted by Gasteiger charge is -2.36. The van der Waals surface area contributed by atoms with E-state index in [1.54, 1.807) is 0 Å². The summed E-state index contributed by atoms with van der Waals surface area (Å²) in [7, 11) is 0. The largest absolute Gasteiger partial charge is 0.366 e. The number of anilines is 1. The van der Waals surface area contributed by atoms with Gasteiger partial charge in [-0.1, -0.05) is 13.8 Å². The number of rotatable bonds is 4. The highest BCUT2D eigenvalue weighted by Gasteiger charge is 2.22. The molecule has 4 heteroatoms. The third-order valence-electron chi connectivity index (χ3n) is 3.84. The molecule has 0 amide bonds. The van der Waals surface area contributed by atoms with Crippen LogP contribution in [0.4, 0.5) is 5.82 Å². The van der Waals surface area contributed by atoms with E-state index in [9.17, 15) is 0 Å². The Hall–Kier alpha value is -1.16. The minimum Gasteiger partial charge on any atom is -0.366 e. The Balaban J connectivity index is 1.90. The fourth-order valence-corrected chi connectivity index (χ4v) is 3.42. The first kappa shape index (κ1) is 15.2. The van der Waals surface area contributed by atoms with Gasteiger partial charge in [-0.05, 0) is 39.0 Å². The van der Waals surface area contributed by atoms with Crippen LogP contribution in [-0.2, 0) is 0 Å². The second kappa shape index (κ2) is 6.53. The van der Waals surface area contributed by atoms with Crippen LogP contribution in [0.15, 0.2) is 6.07 Å². The maximum absolute atomic E-state index is 4.46. The van der Waals surface area contributed by atoms with Crippen LogP contribution in [-0.4, -0.2) is 40.5 Å². The zero-order chi connectivity index (χ0) is 14.7. The van der Waals surface area contributed by atoms with Crippen molar-refractivity contribution in [3.8, 4) is 0 Å². The van der Waals surface area contributed by atoms with Crippen LogP contribution < -0.4 is 5.32 Å². The van der Waals surface area contributed by atoms with Gasteiger partial charge in [0.05, 0.1) is 0 Å². The normalized spacial score (nSPS) is 25.4. The zero-order valence-electron chi connectivity index (χ0n) is 13.5. The first-order chi connectivity index (χ1) is 9.42. The minimum absolute atomic E-state index is 0.404. The van der Waals surface area contributed by atoms with E-state index in [0.29, 0.717) is 6.04 Å². The molecule has 1 aliphatic rings. The molecule has 3 unspecified atom stereocenters. The number of aryl methyl sites for hydroxylation is 2. The molecule has 3 atom stereocenters. The first-order valence-electron chi connectivity index (χ1n) is 7.73. The van der Waals surface area contributed by atoms with E-state index >= 15 is 0 Å². The van der Waals surface area contributed by atoms with Crippen molar-refractivity contribution >= 4 is 5.82 Å². The second-order valence-corrected chi connectivity index (χ2v) is 6.65. The van der Waals surface area contributed by atoms with Gasteiger partial charge in [0.25, 0.3) is 0 Å². The van der Waals surface area contributed by atoms with E-state index in [2.05, 4.69) is 41.0 Å². The molecule has 1 saturated heterocycles. The average Bonchev–Trinajstić information content (AvgIpc) is 2.24. The van der Waals surface area contributed by atoms with E-state index in [0.717, 1.165) is 35.7 Å². The van der Waals surface area contributed by atoms with Gasteiger partial charge >= 0.3 is 0 Å². The molecule has 4 nitrogen and oxygen atoms in total. The summed E-state index contributed by atoms with van der Waals surface area (Å²) >= 11 is 0. The molecule has 1 aromatic rings. The van der Waals surface area contributed by atoms with Crippen LogP contribution in [0.5, 0.6) is 0 Å². The van der Waals surface area contributed by atoms with Crippen molar-refractivity contribution in [2.45, 2.75) is 47.1 Å². The fraction of sp³-hybridized carbons (Fsp3) is 0.750. The van der Waals surface area contributed by atoms with Crippen molar-refractivity contribution < 1.29 is 0 Å². The molecule has 0 spiro atoms. The summed E-state index contributed by atoms with van der Waals surface area (Å²) in [6, 6.07) is 2.42. The number of nitrogens with one attached hydrogen (secondary N) is 1. The Morgan fingerprint density at radius 1 is 1.25 bits per heavy atom. The maximum Gasteiger partial charge on any atom is 0.130 e. The fourth-order valence-electron chi connectivity index (χ4n) is 3.42. The molecule has 1 fully saturated rings. The number of hydrogen-bond acceptors (Lipinski definition) is 4. The van der Waals surface area contributed by atoms with E-state index in [4.69, 9.17) is 0 Å². The average molecular weight is 276 g/mol. The Kier molecular flexibility index (Phi) is 4.97. The van der Waals surface area contributed by atoms with Gasteiger partial charge in [0.1, 0.15) is 11.6 Å². The van der Waals surface area contributed by atoms with Crippen molar-refractivity contribution in [3.05, 3.63) is 17.6 Å². The van der Waals surface area contributed by atoms with Crippen molar-refractivity contribution in [3.63, 3.8) is 0 Å². The molecule has 1 aliphatic heterocycles. The lowest BCUT2D eigenvalue weighted by molar-refractivity contribution is 0.138. The lowest BCUT2D eigenvalue weighted by atomic mass is 9.92. The standard InChI is InChI=1S/C16H28N4/c1-11-6-12(2)9-20(8-11)10-14(4)18-16-7-13(3)17-15(5)19-16/h7,11-12,14H,6,8-10H2,1-5H3,(H,17,18,19). The highest BCUT2D eigenvalue weighted by atomic mass is 15.2. The smallest absolute Gasteiger partial charge is 0.130 e. The lowest BCUT2D eigenvalue weighted by Crippen LogP contribution is -2.43. The summed E-state index contributed by atoms with van der Waals surface area (Å²) < 4.78 is 0. The van der Waals surface area contributed by atoms with Crippen LogP contribution >= 0.6 is 0 Å². The molecule has 0 aliphatic carbocycles. The van der Waals surface area contributed by atoms with Gasteiger partial charge < -0.3 is 10.2 Å². The van der Waals surface area contributed by atoms with Crippen molar-refractivity contribution in [2.24, 2.45) is 11.8 Å². The maximum atomic E-state index is 4.46. The summed E-state index contributed by atoms with van der Waals surface area (Å²) in [6.07, 6.45) is 1.36. The minimum atomic E-state index is 0.404. The number of nitrogens with zero attached hydrogens (tertiary/aromatic N) is 3. The van der Waals surface area contributed by atoms with Gasteiger partial charge in [0, 0.05) is 37.4 Å². The highest BCUT2D eigenvalue weighted by Crippen LogP contribution is 2.21. The van der Waals surface area contributed by atoms with E-state index < -0.39 is 0 Å². The summed E-state index contributed by atoms with van der Waals surface area (Å²) in [5.74, 6) is 3.41. The molecule has 0 aromatic carbocycles. The summed E-state index contributed by atoms with van der Waals surface area (Å²) in [5, 5.41) is 3.51. The van der Waals surface area contributed by atoms with Crippen LogP contribution in [0.2, 0.25) is 0 Å². The Morgan fingerprint density at radius 3 is 2.50 bits per heavy atom. The molecular formula is C16H28N4. The second-order valence-electron chi connectivity index (χ2n) is 6.65. The Morgan fingerprint density at radius 2 is 1.90 bits per heavy atom. The highest BCUT2D eigenvalue weighted by molar-refractivity contribution is 5.36. The molecule has 1 N–H and O–H groups in total. The van der Waals surface area contributed by atoms with Gasteiger partial charge in [-0.2, -0.15) is 0 Å². The van der Waals surface area contributed by atoms with Crippen LogP contribution in [0.25, 0.3) is 0 Å². The number of likely N-dealkylation sites (tertiary alicyclic amines) is 1. The number of aromatic nitrogens is 2. The van der Waals surface area contributed by atoms with Crippen molar-refractivity contribution in [1.29, 1.82) is 0 Å². The number of piperidine rings is 1. The van der Waals surface area contributed by atoms with Gasteiger partial charge in [0.2, 0.25) is 0 Å². The predicted octanol–water partition coefficient (Wildman–Crippen LogP) is 2.87. The Bertz CT molecular complexity index is 416. The molecule has 20 heavy (non-hydrogen) atoms. The van der Waals surface area contributed by atoms with Gasteiger partial charge in [-0.3, -0.25) is 0 Å². The number of hydrogen-bond donors (Lipinski definition) is 1. The third kappa shape index (κ3) is 4.44. The van der Waals surface area contributed by atoms with Gasteiger partial charge in [0.15, 0.2) is 0 Å². The molecule has 112 valence electrons. The first-order valence-corrected chi connectivity index (χ1v) is 7.73. The van der Waals surface area contributed by atoms with Crippen LogP contribution in [0.1, 0.15) is 38.7 Å². The molecule has 0 radical (unpaired) electrons. The van der Waals surface area contributed by atoms with Crippen LogP contribution in [0.3, 0.4) is 0 Å². The van der Waals surface area contributed by atoms with Crippen LogP contribution in [0, 0.1) is 25.7 Å². The van der Waals surface area contributed by atoms with E-state index in [1.807, 2.05) is 19.9 Å². The molecule has 1 aromatic heterocycles. The quantitative estimate of drug-likeness (QED) is 0.918. The van der Waals surface area contributed by atoms with Crippen molar-refractivity contribution in [1.82, 2.24) is 14.9 Å². The summed E-state index contributed by atoms with van der Waals surface area (Å²) in [4.78, 5) is 11.4.